The minimum atomic E-state index is 0.542. The van der Waals surface area contributed by atoms with Gasteiger partial charge >= 0.3 is 0 Å². The predicted octanol–water partition coefficient (Wildman–Crippen LogP) is 3.22. The summed E-state index contributed by atoms with van der Waals surface area (Å²) in [5.74, 6) is 0. The normalized spacial score (nSPS) is 14.2. The number of hydrogen-bond acceptors (Lipinski definition) is 4. The molecule has 1 aliphatic rings. The molecule has 0 unspecified atom stereocenters. The highest BCUT2D eigenvalue weighted by Crippen LogP contribution is 2.24. The molecule has 0 bridgehead atoms. The van der Waals surface area contributed by atoms with Crippen molar-refractivity contribution in [3.05, 3.63) is 53.6 Å². The van der Waals surface area contributed by atoms with Crippen LogP contribution in [-0.2, 0) is 13.0 Å². The van der Waals surface area contributed by atoms with E-state index in [1.807, 2.05) is 24.3 Å². The largest absolute Gasteiger partial charge is 0.423 e. The molecule has 1 aliphatic heterocycles. The van der Waals surface area contributed by atoms with Crippen LogP contribution >= 0.6 is 0 Å². The lowest BCUT2D eigenvalue weighted by atomic mass is 10.0. The number of benzene rings is 2. The van der Waals surface area contributed by atoms with Gasteiger partial charge in [-0.3, -0.25) is 0 Å². The van der Waals surface area contributed by atoms with E-state index in [1.54, 1.807) is 0 Å². The van der Waals surface area contributed by atoms with Crippen molar-refractivity contribution in [1.29, 1.82) is 0 Å². The van der Waals surface area contributed by atoms with Gasteiger partial charge in [-0.05, 0) is 48.4 Å². The molecule has 2 heterocycles. The van der Waals surface area contributed by atoms with E-state index in [1.165, 1.54) is 11.1 Å². The summed E-state index contributed by atoms with van der Waals surface area (Å²) in [4.78, 5) is 4.43. The Kier molecular flexibility index (Phi) is 2.67. The number of fused-ring (bicyclic) bond motifs is 2. The quantitative estimate of drug-likeness (QED) is 0.747. The Morgan fingerprint density at radius 3 is 3.00 bits per heavy atom. The first-order chi connectivity index (χ1) is 9.88. The molecule has 4 rings (SSSR count). The van der Waals surface area contributed by atoms with E-state index in [0.717, 1.165) is 36.3 Å². The lowest BCUT2D eigenvalue weighted by Gasteiger charge is -2.17. The third kappa shape index (κ3) is 2.04. The van der Waals surface area contributed by atoms with Gasteiger partial charge in [0.25, 0.3) is 6.01 Å². The summed E-state index contributed by atoms with van der Waals surface area (Å²) in [7, 11) is 0. The third-order valence-electron chi connectivity index (χ3n) is 3.64. The average Bonchev–Trinajstić information content (AvgIpc) is 2.89. The highest BCUT2D eigenvalue weighted by Gasteiger charge is 2.10. The smallest absolute Gasteiger partial charge is 0.300 e. The van der Waals surface area contributed by atoms with Gasteiger partial charge in [0, 0.05) is 12.2 Å². The van der Waals surface area contributed by atoms with E-state index in [-0.39, 0.29) is 0 Å². The number of rotatable bonds is 2. The van der Waals surface area contributed by atoms with Crippen LogP contribution in [0.15, 0.2) is 46.9 Å². The minimum absolute atomic E-state index is 0.542. The van der Waals surface area contributed by atoms with E-state index in [0.29, 0.717) is 6.01 Å². The second-order valence-corrected chi connectivity index (χ2v) is 5.02. The highest BCUT2D eigenvalue weighted by atomic mass is 16.4. The number of anilines is 2. The molecular weight excluding hydrogens is 250 g/mol. The molecule has 0 saturated carbocycles. The maximum Gasteiger partial charge on any atom is 0.300 e. The van der Waals surface area contributed by atoms with Gasteiger partial charge in [-0.25, -0.2) is 0 Å². The van der Waals surface area contributed by atoms with E-state index in [4.69, 9.17) is 4.42 Å². The van der Waals surface area contributed by atoms with Crippen molar-refractivity contribution in [2.75, 3.05) is 11.9 Å². The van der Waals surface area contributed by atoms with Crippen molar-refractivity contribution in [3.63, 3.8) is 0 Å². The Hall–Kier alpha value is -2.33. The zero-order valence-corrected chi connectivity index (χ0v) is 11.0. The summed E-state index contributed by atoms with van der Waals surface area (Å²) in [6.07, 6.45) is 1.07. The highest BCUT2D eigenvalue weighted by molar-refractivity contribution is 5.75. The van der Waals surface area contributed by atoms with Crippen molar-refractivity contribution >= 4 is 22.8 Å². The van der Waals surface area contributed by atoms with Crippen LogP contribution in [0, 0.1) is 0 Å². The van der Waals surface area contributed by atoms with Gasteiger partial charge in [-0.1, -0.05) is 18.2 Å². The fraction of sp³-hybridized carbons (Fsp3) is 0.188. The second kappa shape index (κ2) is 4.65. The molecule has 3 aromatic rings. The zero-order valence-electron chi connectivity index (χ0n) is 11.0. The number of nitrogens with zero attached hydrogens (tertiary/aromatic N) is 1. The first-order valence-corrected chi connectivity index (χ1v) is 6.84. The minimum Gasteiger partial charge on any atom is -0.423 e. The molecule has 0 saturated heterocycles. The first-order valence-electron chi connectivity index (χ1n) is 6.84. The number of nitrogens with one attached hydrogen (secondary N) is 2. The topological polar surface area (TPSA) is 50.1 Å². The molecule has 4 nitrogen and oxygen atoms in total. The maximum atomic E-state index is 5.68. The van der Waals surface area contributed by atoms with E-state index >= 15 is 0 Å². The van der Waals surface area contributed by atoms with Crippen LogP contribution in [-0.4, -0.2) is 11.5 Å². The van der Waals surface area contributed by atoms with Gasteiger partial charge in [0.15, 0.2) is 5.58 Å². The third-order valence-corrected chi connectivity index (χ3v) is 3.64. The number of aromatic nitrogens is 1. The van der Waals surface area contributed by atoms with Crippen molar-refractivity contribution in [2.24, 2.45) is 0 Å². The van der Waals surface area contributed by atoms with Gasteiger partial charge in [-0.2, -0.15) is 4.98 Å². The molecule has 20 heavy (non-hydrogen) atoms. The summed E-state index contributed by atoms with van der Waals surface area (Å²) >= 11 is 0. The van der Waals surface area contributed by atoms with Crippen LogP contribution in [0.2, 0.25) is 0 Å². The Morgan fingerprint density at radius 2 is 2.05 bits per heavy atom. The molecule has 1 aromatic heterocycles. The summed E-state index contributed by atoms with van der Waals surface area (Å²) in [5.41, 5.74) is 5.47. The summed E-state index contributed by atoms with van der Waals surface area (Å²) < 4.78 is 5.68. The number of oxazole rings is 1. The molecule has 0 atom stereocenters. The second-order valence-electron chi connectivity index (χ2n) is 5.02. The molecular formula is C16H15N3O. The van der Waals surface area contributed by atoms with Crippen molar-refractivity contribution < 1.29 is 4.42 Å². The fourth-order valence-electron chi connectivity index (χ4n) is 2.60. The fourth-order valence-corrected chi connectivity index (χ4v) is 2.60. The number of hydrogen-bond donors (Lipinski definition) is 2. The van der Waals surface area contributed by atoms with Crippen LogP contribution in [0.5, 0.6) is 0 Å². The molecule has 0 fully saturated rings. The lowest BCUT2D eigenvalue weighted by Crippen LogP contribution is -2.23. The molecule has 0 aliphatic carbocycles. The zero-order chi connectivity index (χ0) is 13.4. The van der Waals surface area contributed by atoms with Crippen molar-refractivity contribution in [3.8, 4) is 0 Å². The standard InChI is InChI=1S/C16H15N3O/c1-2-4-15-14(3-1)19-16(20-15)18-13-6-5-12-10-17-8-7-11(12)9-13/h1-6,9,17H,7-8,10H2,(H,18,19). The summed E-state index contributed by atoms with van der Waals surface area (Å²) in [5, 5.41) is 6.62. The van der Waals surface area contributed by atoms with Gasteiger partial charge in [0.1, 0.15) is 5.52 Å². The molecule has 0 spiro atoms. The van der Waals surface area contributed by atoms with E-state index in [2.05, 4.69) is 33.8 Å². The van der Waals surface area contributed by atoms with Gasteiger partial charge in [0.05, 0.1) is 0 Å². The Morgan fingerprint density at radius 1 is 1.10 bits per heavy atom. The Bertz CT molecular complexity index is 730. The van der Waals surface area contributed by atoms with Crippen LogP contribution < -0.4 is 10.6 Å². The first kappa shape index (κ1) is 11.5. The molecule has 0 radical (unpaired) electrons. The molecule has 2 N–H and O–H groups in total. The maximum absolute atomic E-state index is 5.68. The van der Waals surface area contributed by atoms with E-state index < -0.39 is 0 Å². The number of para-hydroxylation sites is 2. The van der Waals surface area contributed by atoms with Crippen LogP contribution in [0.1, 0.15) is 11.1 Å². The molecule has 4 heteroatoms. The molecule has 2 aromatic carbocycles. The Balaban J connectivity index is 1.65. The average molecular weight is 265 g/mol. The van der Waals surface area contributed by atoms with Crippen molar-refractivity contribution in [2.45, 2.75) is 13.0 Å². The predicted molar refractivity (Wildman–Crippen MR) is 79.1 cm³/mol. The molecule has 0 amide bonds. The summed E-state index contributed by atoms with van der Waals surface area (Å²) in [6.45, 7) is 2.00. The van der Waals surface area contributed by atoms with Gasteiger partial charge in [0.2, 0.25) is 0 Å². The van der Waals surface area contributed by atoms with Gasteiger partial charge in [-0.15, -0.1) is 0 Å². The van der Waals surface area contributed by atoms with E-state index in [9.17, 15) is 0 Å². The Labute approximate surface area is 116 Å². The lowest BCUT2D eigenvalue weighted by molar-refractivity contribution is 0.622. The summed E-state index contributed by atoms with van der Waals surface area (Å²) in [6, 6.07) is 14.7. The van der Waals surface area contributed by atoms with Crippen molar-refractivity contribution in [1.82, 2.24) is 10.3 Å². The SMILES string of the molecule is c1ccc2oc(Nc3ccc4c(c3)CCNC4)nc2c1. The van der Waals surface area contributed by atoms with Crippen LogP contribution in [0.4, 0.5) is 11.7 Å². The van der Waals surface area contributed by atoms with Gasteiger partial charge < -0.3 is 15.1 Å². The molecule has 100 valence electrons. The van der Waals surface area contributed by atoms with Crippen LogP contribution in [0.25, 0.3) is 11.1 Å². The van der Waals surface area contributed by atoms with Crippen LogP contribution in [0.3, 0.4) is 0 Å². The monoisotopic (exact) mass is 265 g/mol.